The van der Waals surface area contributed by atoms with E-state index in [0.29, 0.717) is 12.2 Å². The van der Waals surface area contributed by atoms with Gasteiger partial charge in [0.2, 0.25) is 5.91 Å². The zero-order valence-corrected chi connectivity index (χ0v) is 16.7. The van der Waals surface area contributed by atoms with Crippen LogP contribution in [0.3, 0.4) is 0 Å². The summed E-state index contributed by atoms with van der Waals surface area (Å²) in [5, 5.41) is 2.95. The molecule has 0 radical (unpaired) electrons. The molecule has 0 fully saturated rings. The summed E-state index contributed by atoms with van der Waals surface area (Å²) < 4.78 is 20.5. The SMILES string of the molecule is CCC(NC(=O)/C=C/c1ccc(-n2cnc(C)c2)c(OC)c1)c1ccc(F)cc1. The Hall–Kier alpha value is -3.41. The molecule has 2 aromatic carbocycles. The fourth-order valence-electron chi connectivity index (χ4n) is 3.07. The maximum Gasteiger partial charge on any atom is 0.244 e. The highest BCUT2D eigenvalue weighted by Gasteiger charge is 2.11. The van der Waals surface area contributed by atoms with Crippen LogP contribution in [0.15, 0.2) is 61.1 Å². The van der Waals surface area contributed by atoms with Crippen molar-refractivity contribution in [2.24, 2.45) is 0 Å². The van der Waals surface area contributed by atoms with Crippen LogP contribution in [0.25, 0.3) is 11.8 Å². The number of carbonyl (C=O) groups excluding carboxylic acids is 1. The number of hydrogen-bond donors (Lipinski definition) is 1. The van der Waals surface area contributed by atoms with Gasteiger partial charge >= 0.3 is 0 Å². The van der Waals surface area contributed by atoms with Gasteiger partial charge in [-0.3, -0.25) is 4.79 Å². The fraction of sp³-hybridized carbons (Fsp3) is 0.217. The van der Waals surface area contributed by atoms with Crippen molar-refractivity contribution in [3.63, 3.8) is 0 Å². The molecule has 0 aliphatic carbocycles. The fourth-order valence-corrected chi connectivity index (χ4v) is 3.07. The highest BCUT2D eigenvalue weighted by Crippen LogP contribution is 2.25. The topological polar surface area (TPSA) is 56.2 Å². The Balaban J connectivity index is 1.71. The van der Waals surface area contributed by atoms with Gasteiger partial charge < -0.3 is 14.6 Å². The van der Waals surface area contributed by atoms with Crippen LogP contribution in [0.1, 0.15) is 36.2 Å². The normalized spacial score (nSPS) is 12.1. The van der Waals surface area contributed by atoms with Crippen LogP contribution in [-0.4, -0.2) is 22.6 Å². The second-order valence-corrected chi connectivity index (χ2v) is 6.71. The van der Waals surface area contributed by atoms with Crippen LogP contribution >= 0.6 is 0 Å². The van der Waals surface area contributed by atoms with Crippen molar-refractivity contribution < 1.29 is 13.9 Å². The molecule has 0 saturated heterocycles. The van der Waals surface area contributed by atoms with Gasteiger partial charge in [-0.05, 0) is 54.8 Å². The van der Waals surface area contributed by atoms with E-state index in [-0.39, 0.29) is 17.8 Å². The van der Waals surface area contributed by atoms with E-state index in [9.17, 15) is 9.18 Å². The van der Waals surface area contributed by atoms with Crippen LogP contribution in [0.5, 0.6) is 5.75 Å². The largest absolute Gasteiger partial charge is 0.495 e. The van der Waals surface area contributed by atoms with E-state index in [1.165, 1.54) is 18.2 Å². The number of aryl methyl sites for hydroxylation is 1. The molecular weight excluding hydrogens is 369 g/mol. The van der Waals surface area contributed by atoms with E-state index < -0.39 is 0 Å². The van der Waals surface area contributed by atoms with E-state index in [4.69, 9.17) is 4.74 Å². The van der Waals surface area contributed by atoms with Crippen molar-refractivity contribution in [3.05, 3.63) is 83.7 Å². The van der Waals surface area contributed by atoms with E-state index in [2.05, 4.69) is 10.3 Å². The van der Waals surface area contributed by atoms with Crippen molar-refractivity contribution in [1.29, 1.82) is 0 Å². The van der Waals surface area contributed by atoms with Gasteiger partial charge in [0, 0.05) is 12.3 Å². The van der Waals surface area contributed by atoms with E-state index in [0.717, 1.165) is 22.5 Å². The molecule has 1 aromatic heterocycles. The Morgan fingerprint density at radius 3 is 2.66 bits per heavy atom. The lowest BCUT2D eigenvalue weighted by molar-refractivity contribution is -0.117. The number of nitrogens with one attached hydrogen (secondary N) is 1. The molecule has 6 heteroatoms. The van der Waals surface area contributed by atoms with Crippen molar-refractivity contribution >= 4 is 12.0 Å². The smallest absolute Gasteiger partial charge is 0.244 e. The van der Waals surface area contributed by atoms with Crippen molar-refractivity contribution in [2.45, 2.75) is 26.3 Å². The molecule has 3 rings (SSSR count). The van der Waals surface area contributed by atoms with Crippen LogP contribution in [-0.2, 0) is 4.79 Å². The lowest BCUT2D eigenvalue weighted by atomic mass is 10.0. The summed E-state index contributed by atoms with van der Waals surface area (Å²) in [5.74, 6) is 0.176. The Labute approximate surface area is 169 Å². The summed E-state index contributed by atoms with van der Waals surface area (Å²) >= 11 is 0. The standard InChI is InChI=1S/C23H24FN3O2/c1-4-20(18-7-9-19(24)10-8-18)26-23(28)12-6-17-5-11-21(22(13-17)29-3)27-14-16(2)25-15-27/h5-15,20H,4H2,1-3H3,(H,26,28)/b12-6+. The van der Waals surface area contributed by atoms with Gasteiger partial charge in [0.15, 0.2) is 0 Å². The van der Waals surface area contributed by atoms with Gasteiger partial charge in [0.1, 0.15) is 11.6 Å². The van der Waals surface area contributed by atoms with E-state index in [1.807, 2.05) is 42.8 Å². The molecule has 0 bridgehead atoms. The third kappa shape index (κ3) is 5.10. The summed E-state index contributed by atoms with van der Waals surface area (Å²) in [5.41, 5.74) is 3.50. The third-order valence-corrected chi connectivity index (χ3v) is 4.62. The molecule has 1 amide bonds. The van der Waals surface area contributed by atoms with Crippen LogP contribution in [0, 0.1) is 12.7 Å². The number of benzene rings is 2. The maximum absolute atomic E-state index is 13.1. The first-order chi connectivity index (χ1) is 14.0. The molecule has 0 spiro atoms. The number of halogens is 1. The number of imidazole rings is 1. The molecule has 0 aliphatic rings. The van der Waals surface area contributed by atoms with Crippen LogP contribution in [0.4, 0.5) is 4.39 Å². The molecule has 1 unspecified atom stereocenters. The Morgan fingerprint density at radius 2 is 2.03 bits per heavy atom. The summed E-state index contributed by atoms with van der Waals surface area (Å²) in [6.07, 6.45) is 7.58. The predicted octanol–water partition coefficient (Wildman–Crippen LogP) is 4.61. The van der Waals surface area contributed by atoms with Gasteiger partial charge in [-0.15, -0.1) is 0 Å². The molecule has 5 nitrogen and oxygen atoms in total. The first kappa shape index (κ1) is 20.3. The predicted molar refractivity (Wildman–Crippen MR) is 111 cm³/mol. The lowest BCUT2D eigenvalue weighted by Crippen LogP contribution is -2.26. The maximum atomic E-state index is 13.1. The quantitative estimate of drug-likeness (QED) is 0.597. The second kappa shape index (κ2) is 9.19. The first-order valence-electron chi connectivity index (χ1n) is 9.43. The van der Waals surface area contributed by atoms with Gasteiger partial charge in [-0.2, -0.15) is 0 Å². The molecule has 1 N–H and O–H groups in total. The number of carbonyl (C=O) groups is 1. The average Bonchev–Trinajstić information content (AvgIpc) is 3.17. The van der Waals surface area contributed by atoms with Gasteiger partial charge in [0.25, 0.3) is 0 Å². The number of hydrogen-bond acceptors (Lipinski definition) is 3. The zero-order valence-electron chi connectivity index (χ0n) is 16.7. The molecule has 0 aliphatic heterocycles. The molecular formula is C23H24FN3O2. The zero-order chi connectivity index (χ0) is 20.8. The number of nitrogens with zero attached hydrogens (tertiary/aromatic N) is 2. The minimum absolute atomic E-state index is 0.172. The minimum Gasteiger partial charge on any atom is -0.495 e. The Bertz CT molecular complexity index is 1010. The molecule has 29 heavy (non-hydrogen) atoms. The number of aromatic nitrogens is 2. The summed E-state index contributed by atoms with van der Waals surface area (Å²) in [6, 6.07) is 11.7. The lowest BCUT2D eigenvalue weighted by Gasteiger charge is -2.16. The van der Waals surface area contributed by atoms with Gasteiger partial charge in [-0.25, -0.2) is 9.37 Å². The molecule has 1 atom stereocenters. The number of ether oxygens (including phenoxy) is 1. The third-order valence-electron chi connectivity index (χ3n) is 4.62. The molecule has 1 heterocycles. The minimum atomic E-state index is -0.293. The number of amides is 1. The highest BCUT2D eigenvalue weighted by molar-refractivity contribution is 5.92. The van der Waals surface area contributed by atoms with E-state index >= 15 is 0 Å². The van der Waals surface area contributed by atoms with Crippen molar-refractivity contribution in [2.75, 3.05) is 7.11 Å². The summed E-state index contributed by atoms with van der Waals surface area (Å²) in [6.45, 7) is 3.90. The van der Waals surface area contributed by atoms with E-state index in [1.54, 1.807) is 31.6 Å². The number of rotatable bonds is 7. The van der Waals surface area contributed by atoms with Crippen molar-refractivity contribution in [1.82, 2.24) is 14.9 Å². The second-order valence-electron chi connectivity index (χ2n) is 6.71. The Kier molecular flexibility index (Phi) is 6.44. The van der Waals surface area contributed by atoms with Crippen LogP contribution in [0.2, 0.25) is 0 Å². The van der Waals surface area contributed by atoms with Gasteiger partial charge in [0.05, 0.1) is 30.9 Å². The highest BCUT2D eigenvalue weighted by atomic mass is 19.1. The monoisotopic (exact) mass is 393 g/mol. The van der Waals surface area contributed by atoms with Gasteiger partial charge in [-0.1, -0.05) is 25.1 Å². The molecule has 3 aromatic rings. The molecule has 150 valence electrons. The summed E-state index contributed by atoms with van der Waals surface area (Å²) in [7, 11) is 1.61. The summed E-state index contributed by atoms with van der Waals surface area (Å²) in [4.78, 5) is 16.6. The molecule has 0 saturated carbocycles. The van der Waals surface area contributed by atoms with Crippen LogP contribution < -0.4 is 10.1 Å². The van der Waals surface area contributed by atoms with Crippen molar-refractivity contribution in [3.8, 4) is 11.4 Å². The average molecular weight is 393 g/mol. The number of methoxy groups -OCH3 is 1. The first-order valence-corrected chi connectivity index (χ1v) is 9.43. The Morgan fingerprint density at radius 1 is 1.28 bits per heavy atom.